The molecule has 0 saturated carbocycles. The van der Waals surface area contributed by atoms with Crippen molar-refractivity contribution in [3.63, 3.8) is 0 Å². The first-order valence-corrected chi connectivity index (χ1v) is 3.65. The monoisotopic (exact) mass is 140 g/mol. The van der Waals surface area contributed by atoms with Crippen LogP contribution in [0.15, 0.2) is 11.6 Å². The first-order valence-electron chi connectivity index (χ1n) is 3.65. The molecule has 0 fully saturated rings. The van der Waals surface area contributed by atoms with Crippen LogP contribution in [0.2, 0.25) is 0 Å². The normalized spacial score (nSPS) is 24.4. The van der Waals surface area contributed by atoms with Gasteiger partial charge in [-0.05, 0) is 18.9 Å². The summed E-state index contributed by atoms with van der Waals surface area (Å²) in [4.78, 5) is 10.6. The lowest BCUT2D eigenvalue weighted by molar-refractivity contribution is -0.138. The third kappa shape index (κ3) is 1.38. The second-order valence-electron chi connectivity index (χ2n) is 2.55. The number of ether oxygens (including phenoxy) is 1. The van der Waals surface area contributed by atoms with Crippen LogP contribution < -0.4 is 0 Å². The van der Waals surface area contributed by atoms with Crippen molar-refractivity contribution in [2.75, 3.05) is 0 Å². The number of rotatable bonds is 2. The first-order chi connectivity index (χ1) is 4.74. The van der Waals surface area contributed by atoms with Crippen LogP contribution in [0.3, 0.4) is 0 Å². The molecule has 0 amide bonds. The van der Waals surface area contributed by atoms with Gasteiger partial charge in [-0.3, -0.25) is 0 Å². The molecule has 1 atom stereocenters. The van der Waals surface area contributed by atoms with Crippen LogP contribution in [-0.4, -0.2) is 12.1 Å². The van der Waals surface area contributed by atoms with Crippen molar-refractivity contribution >= 4 is 5.97 Å². The quantitative estimate of drug-likeness (QED) is 0.545. The summed E-state index contributed by atoms with van der Waals surface area (Å²) < 4.78 is 4.89. The molecule has 1 rings (SSSR count). The zero-order chi connectivity index (χ0) is 7.56. The van der Waals surface area contributed by atoms with Crippen LogP contribution in [-0.2, 0) is 9.53 Å². The van der Waals surface area contributed by atoms with E-state index in [1.807, 2.05) is 6.92 Å². The first kappa shape index (κ1) is 7.32. The molecule has 0 aromatic heterocycles. The number of carbonyl (C=O) groups is 1. The van der Waals surface area contributed by atoms with E-state index in [0.717, 1.165) is 18.4 Å². The Hall–Kier alpha value is -0.790. The van der Waals surface area contributed by atoms with E-state index < -0.39 is 0 Å². The lowest BCUT2D eigenvalue weighted by Crippen LogP contribution is -2.05. The van der Waals surface area contributed by atoms with Gasteiger partial charge in [0, 0.05) is 6.08 Å². The Morgan fingerprint density at radius 3 is 2.80 bits per heavy atom. The van der Waals surface area contributed by atoms with Gasteiger partial charge in [0.05, 0.1) is 0 Å². The molecule has 1 aliphatic heterocycles. The van der Waals surface area contributed by atoms with E-state index in [2.05, 4.69) is 6.92 Å². The van der Waals surface area contributed by atoms with Crippen molar-refractivity contribution in [3.8, 4) is 0 Å². The zero-order valence-electron chi connectivity index (χ0n) is 6.39. The van der Waals surface area contributed by atoms with E-state index in [-0.39, 0.29) is 12.1 Å². The van der Waals surface area contributed by atoms with Crippen molar-refractivity contribution in [2.24, 2.45) is 0 Å². The van der Waals surface area contributed by atoms with Crippen LogP contribution in [0.5, 0.6) is 0 Å². The van der Waals surface area contributed by atoms with Gasteiger partial charge in [0.1, 0.15) is 6.10 Å². The molecule has 0 N–H and O–H groups in total. The molecule has 1 aliphatic rings. The van der Waals surface area contributed by atoms with Crippen LogP contribution >= 0.6 is 0 Å². The van der Waals surface area contributed by atoms with Crippen LogP contribution in [0.25, 0.3) is 0 Å². The SMILES string of the molecule is CCCC1=CC(=O)OC1C. The van der Waals surface area contributed by atoms with Gasteiger partial charge >= 0.3 is 5.97 Å². The molecule has 2 nitrogen and oxygen atoms in total. The van der Waals surface area contributed by atoms with E-state index in [1.165, 1.54) is 0 Å². The molecule has 1 heterocycles. The second-order valence-corrected chi connectivity index (χ2v) is 2.55. The third-order valence-corrected chi connectivity index (χ3v) is 1.66. The van der Waals surface area contributed by atoms with Gasteiger partial charge in [-0.25, -0.2) is 4.79 Å². The van der Waals surface area contributed by atoms with E-state index in [0.29, 0.717) is 0 Å². The largest absolute Gasteiger partial charge is 0.455 e. The molecule has 10 heavy (non-hydrogen) atoms. The summed E-state index contributed by atoms with van der Waals surface area (Å²) in [5.74, 6) is -0.184. The minimum Gasteiger partial charge on any atom is -0.455 e. The van der Waals surface area contributed by atoms with Crippen LogP contribution in [0.4, 0.5) is 0 Å². The second kappa shape index (κ2) is 2.86. The van der Waals surface area contributed by atoms with Gasteiger partial charge in [0.15, 0.2) is 0 Å². The summed E-state index contributed by atoms with van der Waals surface area (Å²) in [6, 6.07) is 0. The van der Waals surface area contributed by atoms with Gasteiger partial charge in [0.2, 0.25) is 0 Å². The van der Waals surface area contributed by atoms with Gasteiger partial charge in [-0.15, -0.1) is 0 Å². The fourth-order valence-electron chi connectivity index (χ4n) is 1.12. The van der Waals surface area contributed by atoms with Gasteiger partial charge in [-0.2, -0.15) is 0 Å². The topological polar surface area (TPSA) is 26.3 Å². The number of hydrogen-bond donors (Lipinski definition) is 0. The average molecular weight is 140 g/mol. The molecule has 0 saturated heterocycles. The molecule has 56 valence electrons. The maximum absolute atomic E-state index is 10.6. The molecular weight excluding hydrogens is 128 g/mol. The molecule has 0 spiro atoms. The summed E-state index contributed by atoms with van der Waals surface area (Å²) in [5, 5.41) is 0. The van der Waals surface area contributed by atoms with Gasteiger partial charge < -0.3 is 4.74 Å². The standard InChI is InChI=1S/C8H12O2/c1-3-4-7-5-8(9)10-6(7)2/h5-6H,3-4H2,1-2H3. The van der Waals surface area contributed by atoms with Crippen molar-refractivity contribution in [2.45, 2.75) is 32.8 Å². The van der Waals surface area contributed by atoms with E-state index in [1.54, 1.807) is 6.08 Å². The number of esters is 1. The lowest BCUT2D eigenvalue weighted by atomic mass is 10.1. The molecular formula is C8H12O2. The molecule has 0 radical (unpaired) electrons. The van der Waals surface area contributed by atoms with E-state index in [4.69, 9.17) is 4.74 Å². The number of hydrogen-bond acceptors (Lipinski definition) is 2. The van der Waals surface area contributed by atoms with Crippen molar-refractivity contribution in [1.29, 1.82) is 0 Å². The molecule has 0 aromatic rings. The van der Waals surface area contributed by atoms with E-state index in [9.17, 15) is 4.79 Å². The summed E-state index contributed by atoms with van der Waals surface area (Å²) in [7, 11) is 0. The Kier molecular flexibility index (Phi) is 2.10. The van der Waals surface area contributed by atoms with Crippen LogP contribution in [0, 0.1) is 0 Å². The van der Waals surface area contributed by atoms with E-state index >= 15 is 0 Å². The Morgan fingerprint density at radius 1 is 1.70 bits per heavy atom. The molecule has 0 aromatic carbocycles. The fourth-order valence-corrected chi connectivity index (χ4v) is 1.12. The Morgan fingerprint density at radius 2 is 2.40 bits per heavy atom. The zero-order valence-corrected chi connectivity index (χ0v) is 6.39. The van der Waals surface area contributed by atoms with Crippen molar-refractivity contribution < 1.29 is 9.53 Å². The Bertz CT molecular complexity index is 170. The summed E-state index contributed by atoms with van der Waals surface area (Å²) in [5.41, 5.74) is 1.13. The summed E-state index contributed by atoms with van der Waals surface area (Å²) in [6.45, 7) is 4.00. The smallest absolute Gasteiger partial charge is 0.331 e. The maximum Gasteiger partial charge on any atom is 0.331 e. The highest BCUT2D eigenvalue weighted by atomic mass is 16.5. The van der Waals surface area contributed by atoms with Crippen molar-refractivity contribution in [3.05, 3.63) is 11.6 Å². The summed E-state index contributed by atoms with van der Waals surface area (Å²) >= 11 is 0. The third-order valence-electron chi connectivity index (χ3n) is 1.66. The average Bonchev–Trinajstić information content (AvgIpc) is 2.13. The number of carbonyl (C=O) groups excluding carboxylic acids is 1. The lowest BCUT2D eigenvalue weighted by Gasteiger charge is -2.05. The van der Waals surface area contributed by atoms with Gasteiger partial charge in [0.25, 0.3) is 0 Å². The van der Waals surface area contributed by atoms with Crippen LogP contribution in [0.1, 0.15) is 26.7 Å². The minimum atomic E-state index is -0.184. The predicted molar refractivity (Wildman–Crippen MR) is 38.5 cm³/mol. The Balaban J connectivity index is 2.56. The molecule has 0 bridgehead atoms. The highest BCUT2D eigenvalue weighted by Gasteiger charge is 2.19. The Labute approximate surface area is 60.9 Å². The highest BCUT2D eigenvalue weighted by molar-refractivity contribution is 5.85. The van der Waals surface area contributed by atoms with Gasteiger partial charge in [-0.1, -0.05) is 13.3 Å². The highest BCUT2D eigenvalue weighted by Crippen LogP contribution is 2.19. The molecule has 2 heteroatoms. The number of cyclic esters (lactones) is 1. The minimum absolute atomic E-state index is 0.0208. The molecule has 0 aliphatic carbocycles. The fraction of sp³-hybridized carbons (Fsp3) is 0.625. The molecule has 1 unspecified atom stereocenters. The summed E-state index contributed by atoms with van der Waals surface area (Å²) in [6.07, 6.45) is 3.68. The predicted octanol–water partition coefficient (Wildman–Crippen LogP) is 1.66. The van der Waals surface area contributed by atoms with Crippen molar-refractivity contribution in [1.82, 2.24) is 0 Å². The maximum atomic E-state index is 10.6.